The van der Waals surface area contributed by atoms with Crippen LogP contribution in [0, 0.1) is 6.92 Å². The summed E-state index contributed by atoms with van der Waals surface area (Å²) in [7, 11) is 0. The van der Waals surface area contributed by atoms with Gasteiger partial charge in [-0.15, -0.1) is 0 Å². The molecule has 26 heavy (non-hydrogen) atoms. The number of aromatic nitrogens is 2. The van der Waals surface area contributed by atoms with Crippen LogP contribution >= 0.6 is 0 Å². The van der Waals surface area contributed by atoms with Gasteiger partial charge >= 0.3 is 0 Å². The van der Waals surface area contributed by atoms with Crippen LogP contribution in [0.15, 0.2) is 9.68 Å². The zero-order valence-electron chi connectivity index (χ0n) is 14.9. The molecule has 0 aromatic carbocycles. The third-order valence-corrected chi connectivity index (χ3v) is 5.44. The molecule has 1 aromatic rings. The predicted molar refractivity (Wildman–Crippen MR) is 90.2 cm³/mol. The highest BCUT2D eigenvalue weighted by Crippen LogP contribution is 2.35. The zero-order valence-corrected chi connectivity index (χ0v) is 14.9. The van der Waals surface area contributed by atoms with Gasteiger partial charge in [0.2, 0.25) is 11.8 Å². The fourth-order valence-corrected chi connectivity index (χ4v) is 3.55. The van der Waals surface area contributed by atoms with Gasteiger partial charge in [-0.05, 0) is 26.2 Å². The summed E-state index contributed by atoms with van der Waals surface area (Å²) in [5.74, 6) is 0.708. The predicted octanol–water partition coefficient (Wildman–Crippen LogP) is 0.727. The van der Waals surface area contributed by atoms with Crippen molar-refractivity contribution in [3.05, 3.63) is 11.7 Å². The van der Waals surface area contributed by atoms with Gasteiger partial charge in [-0.1, -0.05) is 10.3 Å². The molecule has 1 aliphatic carbocycles. The van der Waals surface area contributed by atoms with E-state index in [0.717, 1.165) is 12.8 Å². The minimum atomic E-state index is -0.454. The van der Waals surface area contributed by atoms with E-state index in [1.54, 1.807) is 11.8 Å². The van der Waals surface area contributed by atoms with Crippen molar-refractivity contribution in [1.82, 2.24) is 20.4 Å². The molecule has 0 radical (unpaired) electrons. The van der Waals surface area contributed by atoms with Crippen molar-refractivity contribution >= 4 is 17.5 Å². The highest BCUT2D eigenvalue weighted by atomic mass is 16.7. The van der Waals surface area contributed by atoms with Gasteiger partial charge in [0.25, 0.3) is 5.91 Å². The Bertz CT molecular complexity index is 731. The number of carbonyl (C=O) groups excluding carboxylic acids is 2. The fraction of sp³-hybridized carbons (Fsp3) is 0.706. The van der Waals surface area contributed by atoms with E-state index in [-0.39, 0.29) is 24.3 Å². The van der Waals surface area contributed by atoms with Crippen LogP contribution in [0.4, 0.5) is 0 Å². The second-order valence-corrected chi connectivity index (χ2v) is 7.38. The van der Waals surface area contributed by atoms with Crippen molar-refractivity contribution in [2.75, 3.05) is 13.1 Å². The minimum absolute atomic E-state index is 0.0367. The molecule has 9 nitrogen and oxygen atoms in total. The van der Waals surface area contributed by atoms with E-state index in [2.05, 4.69) is 20.6 Å². The highest BCUT2D eigenvalue weighted by molar-refractivity contribution is 6.39. The second kappa shape index (κ2) is 6.69. The van der Waals surface area contributed by atoms with Crippen LogP contribution in [0.1, 0.15) is 50.2 Å². The molecule has 2 fully saturated rings. The van der Waals surface area contributed by atoms with Crippen molar-refractivity contribution in [1.29, 1.82) is 0 Å². The molecular weight excluding hydrogens is 338 g/mol. The fourth-order valence-electron chi connectivity index (χ4n) is 3.55. The van der Waals surface area contributed by atoms with Crippen LogP contribution in [0.5, 0.6) is 0 Å². The number of rotatable bonds is 4. The number of nitrogens with zero attached hydrogens (tertiary/aromatic N) is 4. The molecule has 3 heterocycles. The maximum Gasteiger partial charge on any atom is 0.269 e. The van der Waals surface area contributed by atoms with Crippen LogP contribution in [-0.4, -0.2) is 57.3 Å². The Morgan fingerprint density at radius 3 is 2.69 bits per heavy atom. The molecule has 4 rings (SSSR count). The number of aryl methyl sites for hydroxylation is 1. The molecule has 0 unspecified atom stereocenters. The first-order valence-electron chi connectivity index (χ1n) is 9.16. The summed E-state index contributed by atoms with van der Waals surface area (Å²) in [5, 5.41) is 10.7. The largest absolute Gasteiger partial charge is 0.388 e. The van der Waals surface area contributed by atoms with E-state index in [9.17, 15) is 9.59 Å². The van der Waals surface area contributed by atoms with E-state index in [4.69, 9.17) is 9.36 Å². The number of carbonyl (C=O) groups is 2. The molecule has 2 aliphatic heterocycles. The lowest BCUT2D eigenvalue weighted by molar-refractivity contribution is -0.136. The molecule has 1 aromatic heterocycles. The first-order valence-corrected chi connectivity index (χ1v) is 9.16. The van der Waals surface area contributed by atoms with Crippen LogP contribution in [-0.2, 0) is 20.8 Å². The Morgan fingerprint density at radius 1 is 1.31 bits per heavy atom. The molecule has 1 saturated heterocycles. The topological polar surface area (TPSA) is 110 Å². The molecule has 1 spiro atoms. The number of nitrogens with one attached hydrogen (secondary N) is 1. The quantitative estimate of drug-likeness (QED) is 0.846. The van der Waals surface area contributed by atoms with Gasteiger partial charge in [-0.2, -0.15) is 4.98 Å². The molecule has 0 bridgehead atoms. The number of oxime groups is 1. The van der Waals surface area contributed by atoms with Crippen LogP contribution < -0.4 is 5.32 Å². The molecule has 0 atom stereocenters. The first-order chi connectivity index (χ1) is 12.5. The van der Waals surface area contributed by atoms with Crippen LogP contribution in [0.25, 0.3) is 0 Å². The van der Waals surface area contributed by atoms with E-state index in [1.165, 1.54) is 6.42 Å². The lowest BCUT2D eigenvalue weighted by Gasteiger charge is -2.37. The third kappa shape index (κ3) is 3.42. The Balaban J connectivity index is 1.27. The molecule has 1 saturated carbocycles. The van der Waals surface area contributed by atoms with Crippen molar-refractivity contribution in [3.8, 4) is 0 Å². The van der Waals surface area contributed by atoms with E-state index in [0.29, 0.717) is 49.8 Å². The average molecular weight is 361 g/mol. The summed E-state index contributed by atoms with van der Waals surface area (Å²) in [6, 6.07) is 0.287. The number of piperidine rings is 1. The maximum absolute atomic E-state index is 12.4. The summed E-state index contributed by atoms with van der Waals surface area (Å²) in [4.78, 5) is 36.1. The van der Waals surface area contributed by atoms with Gasteiger partial charge in [0.1, 0.15) is 17.7 Å². The molecule has 1 N–H and O–H groups in total. The van der Waals surface area contributed by atoms with Crippen molar-refractivity contribution in [2.24, 2.45) is 5.16 Å². The van der Waals surface area contributed by atoms with E-state index < -0.39 is 5.60 Å². The van der Waals surface area contributed by atoms with E-state index in [1.807, 2.05) is 0 Å². The number of hydrogen-bond donors (Lipinski definition) is 1. The van der Waals surface area contributed by atoms with Gasteiger partial charge in [0.05, 0.1) is 0 Å². The molecule has 2 amide bonds. The normalized spacial score (nSPS) is 21.9. The summed E-state index contributed by atoms with van der Waals surface area (Å²) in [6.07, 6.45) is 5.20. The minimum Gasteiger partial charge on any atom is -0.388 e. The van der Waals surface area contributed by atoms with Crippen molar-refractivity contribution in [2.45, 2.75) is 63.5 Å². The molecular formula is C17H23N5O4. The number of likely N-dealkylation sites (tertiary alicyclic amines) is 1. The van der Waals surface area contributed by atoms with Gasteiger partial charge in [-0.25, -0.2) is 0 Å². The van der Waals surface area contributed by atoms with Crippen molar-refractivity contribution < 1.29 is 18.9 Å². The molecule has 9 heteroatoms. The summed E-state index contributed by atoms with van der Waals surface area (Å²) >= 11 is 0. The Labute approximate surface area is 151 Å². The van der Waals surface area contributed by atoms with Crippen LogP contribution in [0.3, 0.4) is 0 Å². The molecule has 3 aliphatic rings. The Morgan fingerprint density at radius 2 is 2.08 bits per heavy atom. The Hall–Kier alpha value is -2.45. The summed E-state index contributed by atoms with van der Waals surface area (Å²) in [6.45, 7) is 2.86. The second-order valence-electron chi connectivity index (χ2n) is 7.38. The zero-order chi connectivity index (χ0) is 18.1. The van der Waals surface area contributed by atoms with Gasteiger partial charge in [0.15, 0.2) is 5.82 Å². The number of amides is 2. The lowest BCUT2D eigenvalue weighted by Crippen LogP contribution is -2.48. The average Bonchev–Trinajstić information content (AvgIpc) is 3.18. The maximum atomic E-state index is 12.4. The first kappa shape index (κ1) is 17.0. The van der Waals surface area contributed by atoms with Gasteiger partial charge in [-0.3, -0.25) is 9.59 Å². The van der Waals surface area contributed by atoms with Crippen LogP contribution in [0.2, 0.25) is 0 Å². The van der Waals surface area contributed by atoms with Crippen molar-refractivity contribution in [3.63, 3.8) is 0 Å². The lowest BCUT2D eigenvalue weighted by atomic mass is 9.86. The smallest absolute Gasteiger partial charge is 0.269 e. The summed E-state index contributed by atoms with van der Waals surface area (Å²) in [5.41, 5.74) is 0.0162. The standard InChI is InChI=1S/C17H23N5O4/c1-11-18-14(25-20-11)9-15(23)22-7-5-17(6-8-22)10-13(21-26-17)16(24)19-12-3-2-4-12/h12H,2-10H2,1H3,(H,19,24). The number of hydrogen-bond acceptors (Lipinski definition) is 7. The third-order valence-electron chi connectivity index (χ3n) is 5.44. The monoisotopic (exact) mass is 361 g/mol. The molecule has 140 valence electrons. The summed E-state index contributed by atoms with van der Waals surface area (Å²) < 4.78 is 5.01. The van der Waals surface area contributed by atoms with E-state index >= 15 is 0 Å². The highest BCUT2D eigenvalue weighted by Gasteiger charge is 2.44. The van der Waals surface area contributed by atoms with Gasteiger partial charge in [0, 0.05) is 38.4 Å². The SMILES string of the molecule is Cc1noc(CC(=O)N2CCC3(CC2)CC(C(=O)NC2CCC2)=NO3)n1. The van der Waals surface area contributed by atoms with Gasteiger partial charge < -0.3 is 19.6 Å². The Kier molecular flexibility index (Phi) is 4.37.